The Labute approximate surface area is 134 Å². The van der Waals surface area contributed by atoms with E-state index in [0.717, 1.165) is 52.9 Å². The molecular weight excluding hydrogens is 288 g/mol. The highest BCUT2D eigenvalue weighted by Crippen LogP contribution is 2.26. The number of aromatic nitrogens is 3. The number of benzene rings is 1. The number of pyridine rings is 1. The number of rotatable bonds is 2. The Morgan fingerprint density at radius 2 is 2.22 bits per heavy atom. The van der Waals surface area contributed by atoms with Gasteiger partial charge in [0, 0.05) is 29.1 Å². The molecule has 116 valence electrons. The zero-order valence-electron chi connectivity index (χ0n) is 13.0. The molecular formula is C18H18N4O. The highest BCUT2D eigenvalue weighted by atomic mass is 16.1. The normalized spacial score (nSPS) is 17.0. The van der Waals surface area contributed by atoms with Crippen LogP contribution in [0.3, 0.4) is 0 Å². The van der Waals surface area contributed by atoms with Crippen molar-refractivity contribution in [3.63, 3.8) is 0 Å². The molecule has 0 saturated carbocycles. The first-order valence-electron chi connectivity index (χ1n) is 7.89. The number of nitrogens with zero attached hydrogens (tertiary/aromatic N) is 2. The Bertz CT molecular complexity index is 884. The Morgan fingerprint density at radius 3 is 3.13 bits per heavy atom. The number of aromatic amines is 1. The summed E-state index contributed by atoms with van der Waals surface area (Å²) in [5, 5.41) is 4.06. The summed E-state index contributed by atoms with van der Waals surface area (Å²) in [6, 6.07) is 9.81. The van der Waals surface area contributed by atoms with E-state index < -0.39 is 0 Å². The predicted octanol–water partition coefficient (Wildman–Crippen LogP) is 3.01. The largest absolute Gasteiger partial charge is 0.348 e. The minimum atomic E-state index is -0.0170. The highest BCUT2D eigenvalue weighted by Gasteiger charge is 2.26. The third-order valence-corrected chi connectivity index (χ3v) is 4.49. The average Bonchev–Trinajstić information content (AvgIpc) is 3.02. The molecule has 1 aromatic carbocycles. The monoisotopic (exact) mass is 306 g/mol. The summed E-state index contributed by atoms with van der Waals surface area (Å²) in [5.41, 5.74) is 4.89. The maximum absolute atomic E-state index is 12.6. The molecule has 0 spiro atoms. The second kappa shape index (κ2) is 5.50. The van der Waals surface area contributed by atoms with E-state index in [1.54, 1.807) is 6.33 Å². The predicted molar refractivity (Wildman–Crippen MR) is 89.2 cm³/mol. The maximum atomic E-state index is 12.6. The van der Waals surface area contributed by atoms with Gasteiger partial charge in [0.25, 0.3) is 0 Å². The lowest BCUT2D eigenvalue weighted by molar-refractivity contribution is -0.120. The molecule has 2 heterocycles. The van der Waals surface area contributed by atoms with Crippen LogP contribution in [0.5, 0.6) is 0 Å². The van der Waals surface area contributed by atoms with Crippen molar-refractivity contribution in [2.45, 2.75) is 26.2 Å². The maximum Gasteiger partial charge on any atom is 0.227 e. The second-order valence-electron chi connectivity index (χ2n) is 6.08. The number of nitrogens with one attached hydrogen (secondary N) is 2. The molecule has 5 nitrogen and oxygen atoms in total. The van der Waals surface area contributed by atoms with Crippen LogP contribution in [0.2, 0.25) is 0 Å². The molecule has 5 heteroatoms. The Kier molecular flexibility index (Phi) is 3.33. The fraction of sp³-hybridized carbons (Fsp3) is 0.278. The quantitative estimate of drug-likeness (QED) is 0.764. The molecule has 0 saturated heterocycles. The van der Waals surface area contributed by atoms with Gasteiger partial charge in [-0.25, -0.2) is 4.98 Å². The van der Waals surface area contributed by atoms with Crippen molar-refractivity contribution in [1.82, 2.24) is 15.0 Å². The van der Waals surface area contributed by atoms with Crippen molar-refractivity contribution in [2.24, 2.45) is 5.92 Å². The third-order valence-electron chi connectivity index (χ3n) is 4.49. The molecule has 23 heavy (non-hydrogen) atoms. The highest BCUT2D eigenvalue weighted by molar-refractivity contribution is 6.01. The molecule has 2 aromatic heterocycles. The zero-order valence-corrected chi connectivity index (χ0v) is 13.0. The SMILES string of the molecule is Cc1ccc2c(NC(=O)C3CCc4nc[nH]c4C3)cccc2n1. The van der Waals surface area contributed by atoms with Crippen molar-refractivity contribution in [3.8, 4) is 0 Å². The summed E-state index contributed by atoms with van der Waals surface area (Å²) in [7, 11) is 0. The van der Waals surface area contributed by atoms with Crippen LogP contribution in [0, 0.1) is 12.8 Å². The van der Waals surface area contributed by atoms with Gasteiger partial charge in [0.15, 0.2) is 0 Å². The van der Waals surface area contributed by atoms with Crippen LogP contribution in [0.25, 0.3) is 10.9 Å². The van der Waals surface area contributed by atoms with Gasteiger partial charge in [-0.2, -0.15) is 0 Å². The van der Waals surface area contributed by atoms with Crippen LogP contribution < -0.4 is 5.32 Å². The van der Waals surface area contributed by atoms with E-state index >= 15 is 0 Å². The van der Waals surface area contributed by atoms with E-state index in [-0.39, 0.29) is 11.8 Å². The standard InChI is InChI=1S/C18H18N4O/c1-11-5-7-13-14(21-11)3-2-4-15(13)22-18(23)12-6-8-16-17(9-12)20-10-19-16/h2-5,7,10,12H,6,8-9H2,1H3,(H,19,20)(H,22,23). The molecule has 0 aliphatic heterocycles. The molecule has 1 unspecified atom stereocenters. The van der Waals surface area contributed by atoms with Gasteiger partial charge in [0.05, 0.1) is 23.2 Å². The summed E-state index contributed by atoms with van der Waals surface area (Å²) < 4.78 is 0. The summed E-state index contributed by atoms with van der Waals surface area (Å²) in [4.78, 5) is 24.6. The van der Waals surface area contributed by atoms with E-state index in [2.05, 4.69) is 20.3 Å². The van der Waals surface area contributed by atoms with Crippen molar-refractivity contribution < 1.29 is 4.79 Å². The summed E-state index contributed by atoms with van der Waals surface area (Å²) in [6.07, 6.45) is 4.13. The first-order valence-corrected chi connectivity index (χ1v) is 7.89. The number of carbonyl (C=O) groups excluding carboxylic acids is 1. The number of hydrogen-bond donors (Lipinski definition) is 2. The smallest absolute Gasteiger partial charge is 0.227 e. The molecule has 2 N–H and O–H groups in total. The van der Waals surface area contributed by atoms with Gasteiger partial charge in [-0.15, -0.1) is 0 Å². The lowest BCUT2D eigenvalue weighted by Crippen LogP contribution is -2.28. The van der Waals surface area contributed by atoms with Crippen LogP contribution in [-0.2, 0) is 17.6 Å². The summed E-state index contributed by atoms with van der Waals surface area (Å²) in [6.45, 7) is 1.97. The molecule has 0 radical (unpaired) electrons. The fourth-order valence-corrected chi connectivity index (χ4v) is 3.23. The van der Waals surface area contributed by atoms with E-state index in [1.165, 1.54) is 0 Å². The minimum Gasteiger partial charge on any atom is -0.348 e. The molecule has 1 amide bonds. The lowest BCUT2D eigenvalue weighted by Gasteiger charge is -2.21. The fourth-order valence-electron chi connectivity index (χ4n) is 3.23. The van der Waals surface area contributed by atoms with Crippen LogP contribution in [-0.4, -0.2) is 20.9 Å². The van der Waals surface area contributed by atoms with Crippen LogP contribution in [0.15, 0.2) is 36.7 Å². The van der Waals surface area contributed by atoms with Gasteiger partial charge in [-0.3, -0.25) is 9.78 Å². The van der Waals surface area contributed by atoms with Gasteiger partial charge >= 0.3 is 0 Å². The van der Waals surface area contributed by atoms with E-state index in [1.807, 2.05) is 37.3 Å². The Hall–Kier alpha value is -2.69. The van der Waals surface area contributed by atoms with Crippen LogP contribution >= 0.6 is 0 Å². The average molecular weight is 306 g/mol. The molecule has 1 aliphatic rings. The number of amides is 1. The van der Waals surface area contributed by atoms with Crippen molar-refractivity contribution >= 4 is 22.5 Å². The first-order chi connectivity index (χ1) is 11.2. The molecule has 4 rings (SSSR count). The summed E-state index contributed by atoms with van der Waals surface area (Å²) >= 11 is 0. The molecule has 3 aromatic rings. The van der Waals surface area contributed by atoms with Gasteiger partial charge in [0.2, 0.25) is 5.91 Å². The zero-order chi connectivity index (χ0) is 15.8. The van der Waals surface area contributed by atoms with Gasteiger partial charge < -0.3 is 10.3 Å². The number of fused-ring (bicyclic) bond motifs is 2. The van der Waals surface area contributed by atoms with Gasteiger partial charge in [-0.05, 0) is 44.0 Å². The third kappa shape index (κ3) is 2.59. The lowest BCUT2D eigenvalue weighted by atomic mass is 9.89. The number of H-pyrrole nitrogens is 1. The van der Waals surface area contributed by atoms with Gasteiger partial charge in [0.1, 0.15) is 0 Å². The van der Waals surface area contributed by atoms with E-state index in [0.29, 0.717) is 0 Å². The molecule has 1 atom stereocenters. The minimum absolute atomic E-state index is 0.0170. The second-order valence-corrected chi connectivity index (χ2v) is 6.08. The number of imidazole rings is 1. The Balaban J connectivity index is 1.58. The van der Waals surface area contributed by atoms with Crippen molar-refractivity contribution in [2.75, 3.05) is 5.32 Å². The number of carbonyl (C=O) groups is 1. The first kappa shape index (κ1) is 13.9. The summed E-state index contributed by atoms with van der Waals surface area (Å²) in [5.74, 6) is 0.0509. The number of anilines is 1. The Morgan fingerprint density at radius 1 is 1.30 bits per heavy atom. The van der Waals surface area contributed by atoms with Crippen LogP contribution in [0.4, 0.5) is 5.69 Å². The van der Waals surface area contributed by atoms with E-state index in [9.17, 15) is 4.79 Å². The van der Waals surface area contributed by atoms with Crippen molar-refractivity contribution in [3.05, 3.63) is 53.7 Å². The topological polar surface area (TPSA) is 70.7 Å². The van der Waals surface area contributed by atoms with Gasteiger partial charge in [-0.1, -0.05) is 6.07 Å². The van der Waals surface area contributed by atoms with E-state index in [4.69, 9.17) is 0 Å². The molecule has 1 aliphatic carbocycles. The number of aryl methyl sites for hydroxylation is 2. The molecule has 0 bridgehead atoms. The van der Waals surface area contributed by atoms with Crippen LogP contribution in [0.1, 0.15) is 23.5 Å². The van der Waals surface area contributed by atoms with Crippen molar-refractivity contribution in [1.29, 1.82) is 0 Å². The number of hydrogen-bond acceptors (Lipinski definition) is 3. The molecule has 0 fully saturated rings.